The summed E-state index contributed by atoms with van der Waals surface area (Å²) in [6, 6.07) is 0.421. The van der Waals surface area contributed by atoms with Gasteiger partial charge in [0, 0.05) is 18.1 Å². The Morgan fingerprint density at radius 3 is 2.47 bits per heavy atom. The van der Waals surface area contributed by atoms with Gasteiger partial charge in [0.25, 0.3) is 0 Å². The Morgan fingerprint density at radius 1 is 1.24 bits per heavy atom. The summed E-state index contributed by atoms with van der Waals surface area (Å²) in [6.07, 6.45) is 5.30. The molecule has 0 aromatic rings. The fourth-order valence-electron chi connectivity index (χ4n) is 4.04. The molecule has 0 bridgehead atoms. The van der Waals surface area contributed by atoms with E-state index in [1.165, 1.54) is 38.8 Å². The molecule has 2 aliphatic rings. The normalized spacial score (nSPS) is 42.9. The summed E-state index contributed by atoms with van der Waals surface area (Å²) < 4.78 is 0. The molecule has 1 aliphatic heterocycles. The molecule has 4 atom stereocenters. The Balaban J connectivity index is 1.98. The van der Waals surface area contributed by atoms with Crippen molar-refractivity contribution in [2.24, 2.45) is 23.5 Å². The highest BCUT2D eigenvalue weighted by Crippen LogP contribution is 2.36. The van der Waals surface area contributed by atoms with E-state index in [0.717, 1.165) is 11.8 Å². The minimum absolute atomic E-state index is 0.405. The van der Waals surface area contributed by atoms with Gasteiger partial charge in [0.05, 0.1) is 0 Å². The number of likely N-dealkylation sites (tertiary alicyclic amines) is 1. The lowest BCUT2D eigenvalue weighted by Crippen LogP contribution is -2.49. The Hall–Kier alpha value is -0.0800. The van der Waals surface area contributed by atoms with E-state index in [0.29, 0.717) is 17.5 Å². The fourth-order valence-corrected chi connectivity index (χ4v) is 4.04. The van der Waals surface area contributed by atoms with Crippen molar-refractivity contribution in [1.29, 1.82) is 0 Å². The van der Waals surface area contributed by atoms with Crippen LogP contribution in [0.3, 0.4) is 0 Å². The Kier molecular flexibility index (Phi) is 3.84. The van der Waals surface area contributed by atoms with Gasteiger partial charge >= 0.3 is 0 Å². The number of hydrogen-bond donors (Lipinski definition) is 1. The zero-order valence-electron chi connectivity index (χ0n) is 12.1. The molecule has 1 aliphatic carbocycles. The largest absolute Gasteiger partial charge is 0.327 e. The van der Waals surface area contributed by atoms with E-state index in [4.69, 9.17) is 5.73 Å². The number of rotatable bonds is 2. The molecule has 2 nitrogen and oxygen atoms in total. The van der Waals surface area contributed by atoms with Crippen LogP contribution in [0.25, 0.3) is 0 Å². The van der Waals surface area contributed by atoms with Crippen molar-refractivity contribution in [2.45, 2.75) is 65.0 Å². The number of hydrogen-bond acceptors (Lipinski definition) is 2. The third-order valence-electron chi connectivity index (χ3n) is 5.23. The molecule has 2 heteroatoms. The molecular formula is C15H30N2. The molecule has 1 saturated heterocycles. The summed E-state index contributed by atoms with van der Waals surface area (Å²) in [5.74, 6) is 2.33. The third kappa shape index (κ3) is 2.85. The highest BCUT2D eigenvalue weighted by molar-refractivity contribution is 4.93. The summed E-state index contributed by atoms with van der Waals surface area (Å²) in [6.45, 7) is 12.0. The first-order valence-corrected chi connectivity index (χ1v) is 7.41. The maximum Gasteiger partial charge on any atom is 0.0153 e. The average molecular weight is 238 g/mol. The fraction of sp³-hybridized carbons (Fsp3) is 1.00. The van der Waals surface area contributed by atoms with Gasteiger partial charge in [0.1, 0.15) is 0 Å². The van der Waals surface area contributed by atoms with E-state index >= 15 is 0 Å². The van der Waals surface area contributed by atoms with Gasteiger partial charge in [-0.2, -0.15) is 0 Å². The van der Waals surface area contributed by atoms with Gasteiger partial charge in [-0.25, -0.2) is 0 Å². The van der Waals surface area contributed by atoms with E-state index in [9.17, 15) is 0 Å². The van der Waals surface area contributed by atoms with Crippen LogP contribution in [0.15, 0.2) is 0 Å². The summed E-state index contributed by atoms with van der Waals surface area (Å²) in [5.41, 5.74) is 6.81. The summed E-state index contributed by atoms with van der Waals surface area (Å²) >= 11 is 0. The van der Waals surface area contributed by atoms with Crippen molar-refractivity contribution in [3.63, 3.8) is 0 Å². The van der Waals surface area contributed by atoms with Gasteiger partial charge in [-0.05, 0) is 63.8 Å². The molecule has 2 N–H and O–H groups in total. The molecule has 2 rings (SSSR count). The van der Waals surface area contributed by atoms with E-state index < -0.39 is 0 Å². The predicted octanol–water partition coefficient (Wildman–Crippen LogP) is 2.87. The summed E-state index contributed by atoms with van der Waals surface area (Å²) in [7, 11) is 0. The second kappa shape index (κ2) is 4.89. The van der Waals surface area contributed by atoms with Crippen LogP contribution in [-0.4, -0.2) is 29.6 Å². The first-order valence-electron chi connectivity index (χ1n) is 7.41. The van der Waals surface area contributed by atoms with Gasteiger partial charge in [0.15, 0.2) is 0 Å². The molecule has 2 fully saturated rings. The highest BCUT2D eigenvalue weighted by atomic mass is 15.2. The molecule has 1 heterocycles. The molecule has 17 heavy (non-hydrogen) atoms. The van der Waals surface area contributed by atoms with E-state index in [2.05, 4.69) is 32.6 Å². The quantitative estimate of drug-likeness (QED) is 0.801. The monoisotopic (exact) mass is 238 g/mol. The molecule has 0 aromatic heterocycles. The van der Waals surface area contributed by atoms with E-state index in [1.54, 1.807) is 0 Å². The Bertz CT molecular complexity index is 250. The lowest BCUT2D eigenvalue weighted by atomic mass is 9.72. The second-order valence-electron chi connectivity index (χ2n) is 7.24. The number of nitrogens with two attached hydrogens (primary N) is 1. The topological polar surface area (TPSA) is 29.3 Å². The van der Waals surface area contributed by atoms with Gasteiger partial charge < -0.3 is 5.73 Å². The van der Waals surface area contributed by atoms with Crippen LogP contribution in [0.4, 0.5) is 0 Å². The van der Waals surface area contributed by atoms with Crippen LogP contribution in [0.2, 0.25) is 0 Å². The average Bonchev–Trinajstić information content (AvgIpc) is 2.51. The first kappa shape index (κ1) is 13.4. The second-order valence-corrected chi connectivity index (χ2v) is 7.24. The van der Waals surface area contributed by atoms with Crippen LogP contribution in [0, 0.1) is 17.8 Å². The predicted molar refractivity (Wildman–Crippen MR) is 73.9 cm³/mol. The van der Waals surface area contributed by atoms with Crippen molar-refractivity contribution in [1.82, 2.24) is 4.90 Å². The van der Waals surface area contributed by atoms with Crippen LogP contribution in [0.5, 0.6) is 0 Å². The summed E-state index contributed by atoms with van der Waals surface area (Å²) in [4.78, 5) is 2.68. The smallest absolute Gasteiger partial charge is 0.0153 e. The standard InChI is InChI=1S/C15H30N2/c1-11-8-12(2)13(14(16)9-11)10-17-7-5-6-15(17,3)4/h11-14H,5-10,16H2,1-4H3. The molecule has 0 spiro atoms. The Labute approximate surface area is 107 Å². The summed E-state index contributed by atoms with van der Waals surface area (Å²) in [5, 5.41) is 0. The van der Waals surface area contributed by atoms with Crippen LogP contribution >= 0.6 is 0 Å². The lowest BCUT2D eigenvalue weighted by molar-refractivity contribution is 0.0838. The SMILES string of the molecule is CC1CC(C)C(CN2CCCC2(C)C)C(N)C1. The zero-order valence-corrected chi connectivity index (χ0v) is 12.1. The molecule has 0 aromatic carbocycles. The van der Waals surface area contributed by atoms with Gasteiger partial charge in [0.2, 0.25) is 0 Å². The van der Waals surface area contributed by atoms with Gasteiger partial charge in [-0.15, -0.1) is 0 Å². The van der Waals surface area contributed by atoms with Gasteiger partial charge in [-0.3, -0.25) is 4.90 Å². The zero-order chi connectivity index (χ0) is 12.6. The van der Waals surface area contributed by atoms with Crippen molar-refractivity contribution in [3.8, 4) is 0 Å². The highest BCUT2D eigenvalue weighted by Gasteiger charge is 2.38. The molecular weight excluding hydrogens is 208 g/mol. The van der Waals surface area contributed by atoms with E-state index in [1.807, 2.05) is 0 Å². The minimum Gasteiger partial charge on any atom is -0.327 e. The van der Waals surface area contributed by atoms with Crippen LogP contribution in [-0.2, 0) is 0 Å². The molecule has 1 saturated carbocycles. The molecule has 0 radical (unpaired) electrons. The maximum absolute atomic E-state index is 6.40. The third-order valence-corrected chi connectivity index (χ3v) is 5.23. The van der Waals surface area contributed by atoms with Crippen molar-refractivity contribution in [2.75, 3.05) is 13.1 Å². The maximum atomic E-state index is 6.40. The first-order chi connectivity index (χ1) is 7.90. The lowest BCUT2D eigenvalue weighted by Gasteiger charge is -2.42. The van der Waals surface area contributed by atoms with Crippen molar-refractivity contribution in [3.05, 3.63) is 0 Å². The van der Waals surface area contributed by atoms with Gasteiger partial charge in [-0.1, -0.05) is 13.8 Å². The van der Waals surface area contributed by atoms with Crippen LogP contribution < -0.4 is 5.73 Å². The van der Waals surface area contributed by atoms with Crippen molar-refractivity contribution < 1.29 is 0 Å². The van der Waals surface area contributed by atoms with Crippen molar-refractivity contribution >= 4 is 0 Å². The Morgan fingerprint density at radius 2 is 1.94 bits per heavy atom. The minimum atomic E-state index is 0.405. The molecule has 4 unspecified atom stereocenters. The number of nitrogens with zero attached hydrogens (tertiary/aromatic N) is 1. The molecule has 100 valence electrons. The van der Waals surface area contributed by atoms with Crippen LogP contribution in [0.1, 0.15) is 53.4 Å². The molecule has 0 amide bonds. The van der Waals surface area contributed by atoms with E-state index in [-0.39, 0.29) is 0 Å².